The average Bonchev–Trinajstić information content (AvgIpc) is 2.37. The Bertz CT molecular complexity index is 404. The second kappa shape index (κ2) is 7.27. The van der Waals surface area contributed by atoms with Crippen LogP contribution in [0, 0.1) is 11.8 Å². The Kier molecular flexibility index (Phi) is 6.00. The Morgan fingerprint density at radius 3 is 2.84 bits per heavy atom. The monoisotopic (exact) mass is 264 g/mol. The third kappa shape index (κ3) is 4.66. The van der Waals surface area contributed by atoms with E-state index in [4.69, 9.17) is 0 Å². The van der Waals surface area contributed by atoms with Crippen LogP contribution < -0.4 is 0 Å². The third-order valence-corrected chi connectivity index (χ3v) is 3.87. The molecule has 0 N–H and O–H groups in total. The molecule has 3 heteroatoms. The predicted octanol–water partition coefficient (Wildman–Crippen LogP) is 3.45. The molecule has 0 spiro atoms. The molecule has 0 fully saturated rings. The molecule has 0 aromatic rings. The molecule has 0 amide bonds. The zero-order valence-electron chi connectivity index (χ0n) is 12.4. The van der Waals surface area contributed by atoms with Gasteiger partial charge in [0, 0.05) is 11.5 Å². The van der Waals surface area contributed by atoms with Crippen molar-refractivity contribution >= 4 is 11.8 Å². The first-order valence-electron chi connectivity index (χ1n) is 6.91. The second-order valence-electron chi connectivity index (χ2n) is 5.47. The summed E-state index contributed by atoms with van der Waals surface area (Å²) in [7, 11) is 1.39. The molecule has 0 saturated heterocycles. The largest absolute Gasteiger partial charge is 0.466 e. The molecule has 0 radical (unpaired) electrons. The van der Waals surface area contributed by atoms with Gasteiger partial charge in [0.25, 0.3) is 0 Å². The molecule has 0 bridgehead atoms. The summed E-state index contributed by atoms with van der Waals surface area (Å²) < 4.78 is 4.65. The van der Waals surface area contributed by atoms with E-state index in [9.17, 15) is 9.59 Å². The van der Waals surface area contributed by atoms with Gasteiger partial charge in [0.15, 0.2) is 5.78 Å². The highest BCUT2D eigenvalue weighted by atomic mass is 16.5. The Balaban J connectivity index is 2.46. The maximum atomic E-state index is 11.9. The fourth-order valence-corrected chi connectivity index (χ4v) is 2.52. The lowest BCUT2D eigenvalue weighted by Crippen LogP contribution is -2.23. The number of carbonyl (C=O) groups is 2. The molecule has 2 atom stereocenters. The van der Waals surface area contributed by atoms with Gasteiger partial charge in [-0.3, -0.25) is 4.79 Å². The van der Waals surface area contributed by atoms with Crippen LogP contribution in [0.3, 0.4) is 0 Å². The van der Waals surface area contributed by atoms with Gasteiger partial charge >= 0.3 is 5.97 Å². The van der Waals surface area contributed by atoms with Crippen LogP contribution in [0.5, 0.6) is 0 Å². The number of rotatable bonds is 5. The molecule has 0 aliphatic heterocycles. The van der Waals surface area contributed by atoms with Gasteiger partial charge in [-0.1, -0.05) is 18.6 Å². The van der Waals surface area contributed by atoms with E-state index >= 15 is 0 Å². The first-order chi connectivity index (χ1) is 8.95. The maximum absolute atomic E-state index is 11.9. The fourth-order valence-electron chi connectivity index (χ4n) is 2.52. The number of hydrogen-bond acceptors (Lipinski definition) is 3. The van der Waals surface area contributed by atoms with E-state index in [-0.39, 0.29) is 17.7 Å². The fraction of sp³-hybridized carbons (Fsp3) is 0.625. The number of carbonyl (C=O) groups excluding carboxylic acids is 2. The lowest BCUT2D eigenvalue weighted by atomic mass is 9.79. The van der Waals surface area contributed by atoms with Crippen molar-refractivity contribution in [2.45, 2.75) is 46.5 Å². The van der Waals surface area contributed by atoms with Crippen LogP contribution in [0.25, 0.3) is 0 Å². The molecule has 106 valence electrons. The highest BCUT2D eigenvalue weighted by molar-refractivity contribution is 5.93. The van der Waals surface area contributed by atoms with Crippen LogP contribution in [-0.4, -0.2) is 18.9 Å². The number of ketones is 1. The summed E-state index contributed by atoms with van der Waals surface area (Å²) in [6.07, 6.45) is 7.42. The standard InChI is InChI=1S/C16H24O3/c1-11-8-9-14(15(17)10-11)12(2)6-5-7-13(3)16(18)19-4/h7,10,12,14H,5-6,8-9H2,1-4H3/b13-7+. The topological polar surface area (TPSA) is 43.4 Å². The summed E-state index contributed by atoms with van der Waals surface area (Å²) in [5.74, 6) is 0.499. The predicted molar refractivity (Wildman–Crippen MR) is 75.7 cm³/mol. The van der Waals surface area contributed by atoms with E-state index in [1.54, 1.807) is 13.0 Å². The normalized spacial score (nSPS) is 21.9. The first-order valence-corrected chi connectivity index (χ1v) is 6.91. The molecule has 19 heavy (non-hydrogen) atoms. The summed E-state index contributed by atoms with van der Waals surface area (Å²) in [5, 5.41) is 0. The summed E-state index contributed by atoms with van der Waals surface area (Å²) in [6, 6.07) is 0. The minimum atomic E-state index is -0.278. The molecule has 3 nitrogen and oxygen atoms in total. The van der Waals surface area contributed by atoms with Gasteiger partial charge in [0.1, 0.15) is 0 Å². The quantitative estimate of drug-likeness (QED) is 0.564. The van der Waals surface area contributed by atoms with Crippen molar-refractivity contribution in [1.29, 1.82) is 0 Å². The van der Waals surface area contributed by atoms with Crippen molar-refractivity contribution in [2.24, 2.45) is 11.8 Å². The number of hydrogen-bond donors (Lipinski definition) is 0. The van der Waals surface area contributed by atoms with Crippen LogP contribution in [0.2, 0.25) is 0 Å². The van der Waals surface area contributed by atoms with E-state index in [1.165, 1.54) is 12.7 Å². The van der Waals surface area contributed by atoms with E-state index in [2.05, 4.69) is 11.7 Å². The van der Waals surface area contributed by atoms with Gasteiger partial charge in [-0.2, -0.15) is 0 Å². The highest BCUT2D eigenvalue weighted by Gasteiger charge is 2.25. The van der Waals surface area contributed by atoms with Crippen molar-refractivity contribution in [3.63, 3.8) is 0 Å². The zero-order valence-corrected chi connectivity index (χ0v) is 12.4. The summed E-state index contributed by atoms with van der Waals surface area (Å²) in [5.41, 5.74) is 1.83. The van der Waals surface area contributed by atoms with Crippen LogP contribution in [0.15, 0.2) is 23.3 Å². The molecule has 1 rings (SSSR count). The van der Waals surface area contributed by atoms with Crippen LogP contribution in [0.1, 0.15) is 46.5 Å². The summed E-state index contributed by atoms with van der Waals surface area (Å²) in [4.78, 5) is 23.2. The summed E-state index contributed by atoms with van der Waals surface area (Å²) >= 11 is 0. The highest BCUT2D eigenvalue weighted by Crippen LogP contribution is 2.29. The first kappa shape index (κ1) is 15.7. The van der Waals surface area contributed by atoms with Crippen molar-refractivity contribution in [2.75, 3.05) is 7.11 Å². The van der Waals surface area contributed by atoms with Gasteiger partial charge in [-0.15, -0.1) is 0 Å². The SMILES string of the molecule is COC(=O)/C(C)=C/CCC(C)C1CCC(C)=CC1=O. The van der Waals surface area contributed by atoms with E-state index in [0.717, 1.165) is 25.7 Å². The molecule has 0 heterocycles. The minimum absolute atomic E-state index is 0.149. The van der Waals surface area contributed by atoms with E-state index < -0.39 is 0 Å². The molecule has 1 aliphatic rings. The molecule has 0 aromatic heterocycles. The van der Waals surface area contributed by atoms with Gasteiger partial charge in [-0.25, -0.2) is 4.79 Å². The second-order valence-corrected chi connectivity index (χ2v) is 5.47. The lowest BCUT2D eigenvalue weighted by molar-refractivity contribution is -0.136. The smallest absolute Gasteiger partial charge is 0.333 e. The van der Waals surface area contributed by atoms with Crippen molar-refractivity contribution in [3.05, 3.63) is 23.3 Å². The Labute approximate surface area is 115 Å². The molecule has 2 unspecified atom stereocenters. The Hall–Kier alpha value is -1.38. The van der Waals surface area contributed by atoms with Gasteiger partial charge < -0.3 is 4.74 Å². The molecular weight excluding hydrogens is 240 g/mol. The van der Waals surface area contributed by atoms with Crippen molar-refractivity contribution in [1.82, 2.24) is 0 Å². The van der Waals surface area contributed by atoms with Gasteiger partial charge in [0.2, 0.25) is 0 Å². The van der Waals surface area contributed by atoms with Crippen LogP contribution >= 0.6 is 0 Å². The van der Waals surface area contributed by atoms with Crippen molar-refractivity contribution in [3.8, 4) is 0 Å². The number of ether oxygens (including phenoxy) is 1. The number of methoxy groups -OCH3 is 1. The summed E-state index contributed by atoms with van der Waals surface area (Å²) in [6.45, 7) is 5.90. The van der Waals surface area contributed by atoms with Crippen LogP contribution in [-0.2, 0) is 14.3 Å². The Morgan fingerprint density at radius 2 is 2.26 bits per heavy atom. The molecule has 0 saturated carbocycles. The maximum Gasteiger partial charge on any atom is 0.333 e. The minimum Gasteiger partial charge on any atom is -0.466 e. The third-order valence-electron chi connectivity index (χ3n) is 3.87. The molecule has 1 aliphatic carbocycles. The van der Waals surface area contributed by atoms with Gasteiger partial charge in [0.05, 0.1) is 7.11 Å². The van der Waals surface area contributed by atoms with E-state index in [0.29, 0.717) is 11.5 Å². The Morgan fingerprint density at radius 1 is 1.58 bits per heavy atom. The zero-order chi connectivity index (χ0) is 14.4. The molecular formula is C16H24O3. The average molecular weight is 264 g/mol. The molecule has 0 aromatic carbocycles. The number of allylic oxidation sites excluding steroid dienone is 3. The van der Waals surface area contributed by atoms with Gasteiger partial charge in [-0.05, 0) is 51.5 Å². The van der Waals surface area contributed by atoms with Crippen molar-refractivity contribution < 1.29 is 14.3 Å². The number of esters is 1. The lowest BCUT2D eigenvalue weighted by Gasteiger charge is -2.25. The van der Waals surface area contributed by atoms with Crippen LogP contribution in [0.4, 0.5) is 0 Å². The van der Waals surface area contributed by atoms with E-state index in [1.807, 2.05) is 13.0 Å².